The molecule has 14 heteroatoms. The molecule has 1 aliphatic rings. The van der Waals surface area contributed by atoms with Crippen LogP contribution in [0.15, 0.2) is 55.1 Å². The third-order valence-corrected chi connectivity index (χ3v) is 8.59. The first-order chi connectivity index (χ1) is 26.4. The molecule has 3 aromatic rings. The van der Waals surface area contributed by atoms with E-state index in [1.165, 1.54) is 18.2 Å². The van der Waals surface area contributed by atoms with Gasteiger partial charge >= 0.3 is 18.2 Å². The minimum atomic E-state index is -1.05. The average molecular weight is 757 g/mol. The Morgan fingerprint density at radius 2 is 1.73 bits per heavy atom. The van der Waals surface area contributed by atoms with Crippen molar-refractivity contribution < 1.29 is 48.0 Å². The predicted octanol–water partition coefficient (Wildman–Crippen LogP) is 6.76. The van der Waals surface area contributed by atoms with Crippen LogP contribution >= 0.6 is 0 Å². The maximum atomic E-state index is 14.1. The highest BCUT2D eigenvalue weighted by Gasteiger charge is 2.26. The van der Waals surface area contributed by atoms with Gasteiger partial charge in [-0.3, -0.25) is 20.3 Å². The van der Waals surface area contributed by atoms with E-state index in [1.54, 1.807) is 50.2 Å². The van der Waals surface area contributed by atoms with Crippen molar-refractivity contribution >= 4 is 41.8 Å². The number of carbonyl (C=O) groups excluding carboxylic acids is 5. The third-order valence-electron chi connectivity index (χ3n) is 8.59. The van der Waals surface area contributed by atoms with Crippen LogP contribution in [0.5, 0.6) is 0 Å². The number of amides is 2. The Morgan fingerprint density at radius 3 is 2.38 bits per heavy atom. The van der Waals surface area contributed by atoms with Crippen LogP contribution in [0.1, 0.15) is 113 Å². The number of esters is 1. The van der Waals surface area contributed by atoms with Crippen molar-refractivity contribution in [2.45, 2.75) is 78.4 Å². The van der Waals surface area contributed by atoms with Gasteiger partial charge in [-0.1, -0.05) is 63.1 Å². The largest absolute Gasteiger partial charge is 0.511 e. The number of amidine groups is 1. The number of benzene rings is 2. The normalized spacial score (nSPS) is 12.0. The number of ketones is 1. The molecule has 292 valence electrons. The van der Waals surface area contributed by atoms with Crippen LogP contribution in [0.2, 0.25) is 0 Å². The second-order valence-electron chi connectivity index (χ2n) is 13.3. The van der Waals surface area contributed by atoms with Crippen LogP contribution in [0.3, 0.4) is 0 Å². The summed E-state index contributed by atoms with van der Waals surface area (Å²) in [6.07, 6.45) is 4.96. The summed E-state index contributed by atoms with van der Waals surface area (Å²) in [5, 5.41) is 23.7. The second kappa shape index (κ2) is 20.5. The number of rotatable bonds is 19. The van der Waals surface area contributed by atoms with Crippen LogP contribution in [0.4, 0.5) is 9.59 Å². The minimum Gasteiger partial charge on any atom is -0.449 e. The molecule has 0 spiro atoms. The molecule has 1 saturated carbocycles. The van der Waals surface area contributed by atoms with Gasteiger partial charge in [-0.25, -0.2) is 19.4 Å². The van der Waals surface area contributed by atoms with Crippen LogP contribution in [-0.4, -0.2) is 71.9 Å². The Hall–Kier alpha value is -5.89. The van der Waals surface area contributed by atoms with Gasteiger partial charge in [-0.05, 0) is 85.5 Å². The molecule has 0 radical (unpaired) electrons. The highest BCUT2D eigenvalue weighted by molar-refractivity contribution is 6.08. The summed E-state index contributed by atoms with van der Waals surface area (Å²) < 4.78 is 20.1. The maximum absolute atomic E-state index is 14.1. The van der Waals surface area contributed by atoms with Crippen LogP contribution in [0.25, 0.3) is 17.2 Å². The number of aromatic nitrogens is 1. The summed E-state index contributed by atoms with van der Waals surface area (Å²) in [4.78, 5) is 69.0. The van der Waals surface area contributed by atoms with Crippen molar-refractivity contribution in [3.63, 3.8) is 0 Å². The number of hydrogen-bond donors (Lipinski definition) is 4. The van der Waals surface area contributed by atoms with E-state index in [-0.39, 0.29) is 52.7 Å². The smallest absolute Gasteiger partial charge is 0.449 e. The average Bonchev–Trinajstić information content (AvgIpc) is 4.00. The zero-order chi connectivity index (χ0) is 39.9. The molecule has 2 aromatic carbocycles. The molecule has 55 heavy (non-hydrogen) atoms. The molecule has 0 atom stereocenters. The zero-order valence-corrected chi connectivity index (χ0v) is 31.4. The number of aliphatic hydroxyl groups excluding tert-OH is 1. The lowest BCUT2D eigenvalue weighted by Crippen LogP contribution is -2.31. The van der Waals surface area contributed by atoms with Crippen molar-refractivity contribution in [2.24, 2.45) is 5.92 Å². The summed E-state index contributed by atoms with van der Waals surface area (Å²) in [5.41, 5.74) is 1.96. The number of pyridine rings is 1. The Kier molecular flexibility index (Phi) is 15.6. The third kappa shape index (κ3) is 12.6. The molecule has 4 N–H and O–H groups in total. The minimum absolute atomic E-state index is 0.0742. The van der Waals surface area contributed by atoms with E-state index in [9.17, 15) is 29.1 Å². The Morgan fingerprint density at radius 1 is 0.982 bits per heavy atom. The summed E-state index contributed by atoms with van der Waals surface area (Å²) in [6.45, 7) is 8.64. The first-order valence-corrected chi connectivity index (χ1v) is 18.3. The first kappa shape index (κ1) is 41.9. The summed E-state index contributed by atoms with van der Waals surface area (Å²) >= 11 is 0. The quantitative estimate of drug-likeness (QED) is 0.0191. The van der Waals surface area contributed by atoms with Gasteiger partial charge in [0.15, 0.2) is 11.5 Å². The molecule has 1 fully saturated rings. The fourth-order valence-electron chi connectivity index (χ4n) is 5.45. The molecule has 4 rings (SSSR count). The lowest BCUT2D eigenvalue weighted by Gasteiger charge is -2.17. The number of carbonyl (C=O) groups is 5. The number of nitrogens with zero attached hydrogens (tertiary/aromatic N) is 1. The molecule has 14 nitrogen and oxygen atoms in total. The fourth-order valence-corrected chi connectivity index (χ4v) is 5.45. The SMILES string of the molecule is C=Cc1cc(C(=O)Cc2ccc(C(=N)NC(=O)OCCCCCC)cc2)c(-c2ccc(C(=O)NCC3CC3)nc2C(=O)OCOC(=O)OC(C)C)cc1CO. The lowest BCUT2D eigenvalue weighted by atomic mass is 9.89. The predicted molar refractivity (Wildman–Crippen MR) is 204 cm³/mol. The van der Waals surface area contributed by atoms with E-state index in [0.29, 0.717) is 34.7 Å². The van der Waals surface area contributed by atoms with Crippen LogP contribution in [-0.2, 0) is 32.0 Å². The molecule has 1 aliphatic carbocycles. The molecule has 0 aliphatic heterocycles. The number of ether oxygens (including phenoxy) is 4. The van der Waals surface area contributed by atoms with E-state index < -0.39 is 43.6 Å². The number of Topliss-reactive ketones (excluding diaryl/α,β-unsaturated/α-hetero) is 1. The highest BCUT2D eigenvalue weighted by Crippen LogP contribution is 2.32. The first-order valence-electron chi connectivity index (χ1n) is 18.3. The highest BCUT2D eigenvalue weighted by atomic mass is 16.8. The van der Waals surface area contributed by atoms with Crippen molar-refractivity contribution in [3.8, 4) is 11.1 Å². The van der Waals surface area contributed by atoms with Crippen molar-refractivity contribution in [1.82, 2.24) is 15.6 Å². The Labute approximate surface area is 320 Å². The van der Waals surface area contributed by atoms with Gasteiger partial charge in [-0.15, -0.1) is 0 Å². The number of unbranched alkanes of at least 4 members (excludes halogenated alkanes) is 3. The molecule has 2 amide bonds. The van der Waals surface area contributed by atoms with Gasteiger partial charge in [-0.2, -0.15) is 0 Å². The van der Waals surface area contributed by atoms with Gasteiger partial charge in [0.1, 0.15) is 11.5 Å². The second-order valence-corrected chi connectivity index (χ2v) is 13.3. The summed E-state index contributed by atoms with van der Waals surface area (Å²) in [5.74, 6) is -1.70. The molecule has 0 unspecified atom stereocenters. The van der Waals surface area contributed by atoms with E-state index in [2.05, 4.69) is 29.1 Å². The van der Waals surface area contributed by atoms with Gasteiger partial charge in [0, 0.05) is 29.7 Å². The Bertz CT molecular complexity index is 1890. The van der Waals surface area contributed by atoms with Crippen molar-refractivity contribution in [1.29, 1.82) is 5.41 Å². The summed E-state index contributed by atoms with van der Waals surface area (Å²) in [7, 11) is 0. The Balaban J connectivity index is 1.61. The van der Waals surface area contributed by atoms with E-state index in [4.69, 9.17) is 24.4 Å². The van der Waals surface area contributed by atoms with Gasteiger partial charge in [0.05, 0.1) is 19.3 Å². The zero-order valence-electron chi connectivity index (χ0n) is 31.4. The van der Waals surface area contributed by atoms with Gasteiger partial charge in [0.2, 0.25) is 6.79 Å². The molecule has 0 saturated heterocycles. The molecule has 0 bridgehead atoms. The van der Waals surface area contributed by atoms with Crippen molar-refractivity contribution in [3.05, 3.63) is 94.3 Å². The molecular weight excluding hydrogens is 708 g/mol. The lowest BCUT2D eigenvalue weighted by molar-refractivity contribution is -0.0347. The van der Waals surface area contributed by atoms with Crippen LogP contribution < -0.4 is 10.6 Å². The topological polar surface area (TPSA) is 203 Å². The number of nitrogens with one attached hydrogen (secondary N) is 3. The van der Waals surface area contributed by atoms with E-state index in [1.807, 2.05) is 0 Å². The monoisotopic (exact) mass is 756 g/mol. The number of alkyl carbamates (subject to hydrolysis) is 1. The maximum Gasteiger partial charge on any atom is 0.511 e. The molecule has 1 aromatic heterocycles. The summed E-state index contributed by atoms with van der Waals surface area (Å²) in [6, 6.07) is 12.5. The number of hydrogen-bond acceptors (Lipinski definition) is 12. The van der Waals surface area contributed by atoms with Crippen molar-refractivity contribution in [2.75, 3.05) is 19.9 Å². The fraction of sp³-hybridized carbons (Fsp3) is 0.390. The number of aliphatic hydroxyl groups is 1. The van der Waals surface area contributed by atoms with E-state index >= 15 is 0 Å². The van der Waals surface area contributed by atoms with E-state index in [0.717, 1.165) is 38.5 Å². The molecular formula is C41H48N4O10. The van der Waals surface area contributed by atoms with Crippen LogP contribution in [0, 0.1) is 11.3 Å². The standard InChI is InChI=1S/C41H48N4O10/c1-5-7-8-9-18-52-40(50)45-37(42)29-14-12-26(13-15-29)19-35(47)33-20-28(6-2)30(23-46)21-32(33)31-16-17-34(38(48)43-22-27-10-11-27)44-36(31)39(49)53-24-54-41(51)55-25(3)4/h6,12-17,20-21,25,27,46H,2,5,7-11,18-19,22-24H2,1,3-4H3,(H,43,48)(H2,42,45,50). The van der Waals surface area contributed by atoms with Gasteiger partial charge < -0.3 is 29.4 Å². The van der Waals surface area contributed by atoms with Gasteiger partial charge in [0.25, 0.3) is 5.91 Å². The molecule has 1 heterocycles.